The van der Waals surface area contributed by atoms with Gasteiger partial charge in [0, 0.05) is 18.0 Å². The van der Waals surface area contributed by atoms with Crippen molar-refractivity contribution in [1.29, 1.82) is 0 Å². The second kappa shape index (κ2) is 10.6. The first-order valence-electron chi connectivity index (χ1n) is 10.3. The van der Waals surface area contributed by atoms with Gasteiger partial charge in [-0.05, 0) is 49.8 Å². The summed E-state index contributed by atoms with van der Waals surface area (Å²) in [7, 11) is 0. The molecule has 0 radical (unpaired) electrons. The maximum atomic E-state index is 12.5. The van der Waals surface area contributed by atoms with Gasteiger partial charge in [0.15, 0.2) is 5.76 Å². The van der Waals surface area contributed by atoms with Crippen molar-refractivity contribution < 1.29 is 9.53 Å². The van der Waals surface area contributed by atoms with Gasteiger partial charge < -0.3 is 9.64 Å². The van der Waals surface area contributed by atoms with Gasteiger partial charge in [-0.1, -0.05) is 68.7 Å². The second-order valence-corrected chi connectivity index (χ2v) is 8.39. The Morgan fingerprint density at radius 2 is 1.79 bits per heavy atom. The lowest BCUT2D eigenvalue weighted by atomic mass is 10.1. The summed E-state index contributed by atoms with van der Waals surface area (Å²) in [5, 5.41) is 1.44. The monoisotopic (exact) mass is 428 g/mol. The number of hydrogen-bond donors (Lipinski definition) is 0. The highest BCUT2D eigenvalue weighted by Gasteiger charge is 2.32. The van der Waals surface area contributed by atoms with Gasteiger partial charge in [-0.3, -0.25) is 9.69 Å². The van der Waals surface area contributed by atoms with Gasteiger partial charge in [-0.25, -0.2) is 0 Å². The largest absolute Gasteiger partial charge is 0.426 e. The highest BCUT2D eigenvalue weighted by molar-refractivity contribution is 8.03. The van der Waals surface area contributed by atoms with Crippen molar-refractivity contribution in [3.05, 3.63) is 59.4 Å². The number of thioether (sulfide) groups is 1. The number of rotatable bonds is 9. The molecule has 2 heterocycles. The zero-order valence-corrected chi connectivity index (χ0v) is 18.7. The molecule has 2 aliphatic heterocycles. The van der Waals surface area contributed by atoms with E-state index in [1.54, 1.807) is 22.7 Å². The summed E-state index contributed by atoms with van der Waals surface area (Å²) in [5.74, 6) is 0.161. The van der Waals surface area contributed by atoms with Crippen molar-refractivity contribution in [2.75, 3.05) is 18.0 Å². The minimum absolute atomic E-state index is 0.138. The first kappa shape index (κ1) is 21.7. The standard InChI is InChI=1S/C23H28N2O2S2/c1-3-5-6-7-12-17-25-22(26)19(27-23(25)28)14-9-11-16-21-24(4-2)18-13-8-10-15-20(18)29-21/h8-11,13-16H,3-7,12,17H2,1-2H3. The number of carbonyl (C=O) groups is 1. The van der Waals surface area contributed by atoms with Crippen LogP contribution in [0.4, 0.5) is 5.69 Å². The van der Waals surface area contributed by atoms with Crippen LogP contribution in [0.3, 0.4) is 0 Å². The summed E-state index contributed by atoms with van der Waals surface area (Å²) in [5.41, 5.74) is 1.24. The number of nitrogens with zero attached hydrogens (tertiary/aromatic N) is 2. The third-order valence-electron chi connectivity index (χ3n) is 4.91. The quantitative estimate of drug-likeness (QED) is 0.273. The molecule has 0 atom stereocenters. The van der Waals surface area contributed by atoms with Crippen LogP contribution >= 0.6 is 24.0 Å². The minimum atomic E-state index is -0.138. The van der Waals surface area contributed by atoms with Gasteiger partial charge in [0.05, 0.1) is 10.7 Å². The lowest BCUT2D eigenvalue weighted by Gasteiger charge is -2.17. The molecule has 1 fully saturated rings. The fourth-order valence-electron chi connectivity index (χ4n) is 3.36. The molecule has 0 spiro atoms. The number of fused-ring (bicyclic) bond motifs is 1. The Hall–Kier alpha value is -2.05. The Labute approximate surface area is 183 Å². The summed E-state index contributed by atoms with van der Waals surface area (Å²) in [6.45, 7) is 5.88. The number of ether oxygens (including phenoxy) is 1. The van der Waals surface area contributed by atoms with Gasteiger partial charge in [-0.2, -0.15) is 0 Å². The van der Waals surface area contributed by atoms with E-state index >= 15 is 0 Å². The van der Waals surface area contributed by atoms with E-state index in [9.17, 15) is 4.79 Å². The lowest BCUT2D eigenvalue weighted by molar-refractivity contribution is -0.123. The normalized spacial score (nSPS) is 19.1. The van der Waals surface area contributed by atoms with Crippen molar-refractivity contribution in [3.63, 3.8) is 0 Å². The molecule has 1 aromatic rings. The molecule has 1 saturated heterocycles. The zero-order chi connectivity index (χ0) is 20.6. The molecule has 0 aliphatic carbocycles. The van der Waals surface area contributed by atoms with Gasteiger partial charge in [0.2, 0.25) is 0 Å². The molecule has 1 amide bonds. The average Bonchev–Trinajstić information content (AvgIpc) is 3.22. The van der Waals surface area contributed by atoms with E-state index < -0.39 is 0 Å². The van der Waals surface area contributed by atoms with Crippen LogP contribution in [0, 0.1) is 0 Å². The molecule has 4 nitrogen and oxygen atoms in total. The van der Waals surface area contributed by atoms with Gasteiger partial charge in [0.1, 0.15) is 0 Å². The smallest absolute Gasteiger partial charge is 0.297 e. The fraction of sp³-hybridized carbons (Fsp3) is 0.391. The Morgan fingerprint density at radius 3 is 2.59 bits per heavy atom. The predicted molar refractivity (Wildman–Crippen MR) is 125 cm³/mol. The highest BCUT2D eigenvalue weighted by Crippen LogP contribution is 2.45. The number of unbranched alkanes of at least 4 members (excludes halogenated alkanes) is 4. The maximum Gasteiger partial charge on any atom is 0.297 e. The van der Waals surface area contributed by atoms with E-state index in [0.717, 1.165) is 19.4 Å². The zero-order valence-electron chi connectivity index (χ0n) is 17.1. The van der Waals surface area contributed by atoms with E-state index in [0.29, 0.717) is 12.3 Å². The number of benzene rings is 1. The molecule has 6 heteroatoms. The Bertz CT molecular complexity index is 845. The number of carbonyl (C=O) groups excluding carboxylic acids is 1. The van der Waals surface area contributed by atoms with Crippen LogP contribution < -0.4 is 4.90 Å². The highest BCUT2D eigenvalue weighted by atomic mass is 32.2. The molecular formula is C23H28N2O2S2. The van der Waals surface area contributed by atoms with Gasteiger partial charge in [0.25, 0.3) is 11.1 Å². The van der Waals surface area contributed by atoms with Crippen LogP contribution in [-0.2, 0) is 9.53 Å². The predicted octanol–water partition coefficient (Wildman–Crippen LogP) is 6.01. The molecule has 0 aromatic heterocycles. The topological polar surface area (TPSA) is 32.8 Å². The van der Waals surface area contributed by atoms with Crippen LogP contribution in [0.1, 0.15) is 46.0 Å². The summed E-state index contributed by atoms with van der Waals surface area (Å²) >= 11 is 6.98. The van der Waals surface area contributed by atoms with Crippen LogP contribution in [0.5, 0.6) is 0 Å². The molecule has 1 aromatic carbocycles. The number of para-hydroxylation sites is 1. The molecule has 0 N–H and O–H groups in total. The van der Waals surface area contributed by atoms with E-state index in [1.807, 2.05) is 12.2 Å². The third-order valence-corrected chi connectivity index (χ3v) is 6.34. The summed E-state index contributed by atoms with van der Waals surface area (Å²) in [6.07, 6.45) is 13.3. The number of allylic oxidation sites excluding steroid dienone is 4. The van der Waals surface area contributed by atoms with Gasteiger partial charge in [-0.15, -0.1) is 0 Å². The molecule has 0 saturated carbocycles. The van der Waals surface area contributed by atoms with Crippen LogP contribution in [0.2, 0.25) is 0 Å². The van der Waals surface area contributed by atoms with E-state index in [2.05, 4.69) is 49.1 Å². The summed E-state index contributed by atoms with van der Waals surface area (Å²) in [6, 6.07) is 8.40. The van der Waals surface area contributed by atoms with E-state index in [-0.39, 0.29) is 11.1 Å². The van der Waals surface area contributed by atoms with Crippen LogP contribution in [0.15, 0.2) is 64.3 Å². The second-order valence-electron chi connectivity index (χ2n) is 6.97. The maximum absolute atomic E-state index is 12.5. The van der Waals surface area contributed by atoms with Crippen LogP contribution in [0.25, 0.3) is 0 Å². The molecule has 0 unspecified atom stereocenters. The number of amides is 1. The van der Waals surface area contributed by atoms with Crippen molar-refractivity contribution >= 4 is 40.7 Å². The first-order valence-corrected chi connectivity index (χ1v) is 11.5. The summed E-state index contributed by atoms with van der Waals surface area (Å²) in [4.78, 5) is 17.6. The molecule has 154 valence electrons. The molecule has 2 aliphatic rings. The van der Waals surface area contributed by atoms with Gasteiger partial charge >= 0.3 is 0 Å². The van der Waals surface area contributed by atoms with Crippen LogP contribution in [-0.4, -0.2) is 29.1 Å². The lowest BCUT2D eigenvalue weighted by Crippen LogP contribution is -2.29. The molecular weight excluding hydrogens is 400 g/mol. The summed E-state index contributed by atoms with van der Waals surface area (Å²) < 4.78 is 5.51. The van der Waals surface area contributed by atoms with E-state index in [1.165, 1.54) is 34.9 Å². The molecule has 0 bridgehead atoms. The van der Waals surface area contributed by atoms with Crippen molar-refractivity contribution in [1.82, 2.24) is 4.90 Å². The van der Waals surface area contributed by atoms with Crippen molar-refractivity contribution in [2.45, 2.75) is 50.8 Å². The molecule has 29 heavy (non-hydrogen) atoms. The number of hydrogen-bond acceptors (Lipinski definition) is 5. The average molecular weight is 429 g/mol. The SMILES string of the molecule is CCCCCCCN1C(=O)C(=CC=CC=C2Sc3ccccc3N2CC)OC1=S. The van der Waals surface area contributed by atoms with E-state index in [4.69, 9.17) is 17.0 Å². The molecule has 3 rings (SSSR count). The first-order chi connectivity index (χ1) is 14.2. The Balaban J connectivity index is 1.57. The third kappa shape index (κ3) is 5.31. The van der Waals surface area contributed by atoms with Crippen molar-refractivity contribution in [3.8, 4) is 0 Å². The van der Waals surface area contributed by atoms with Crippen molar-refractivity contribution in [2.24, 2.45) is 0 Å². The fourth-order valence-corrected chi connectivity index (χ4v) is 4.77. The Morgan fingerprint density at radius 1 is 1.03 bits per heavy atom. The Kier molecular flexibility index (Phi) is 7.95. The minimum Gasteiger partial charge on any atom is -0.426 e. The number of thiocarbonyl (C=S) groups is 1. The number of anilines is 1.